The van der Waals surface area contributed by atoms with Crippen LogP contribution in [0.4, 0.5) is 10.5 Å². The Balaban J connectivity index is 2.36. The van der Waals surface area contributed by atoms with Crippen LogP contribution in [0.3, 0.4) is 0 Å². The van der Waals surface area contributed by atoms with Gasteiger partial charge in [-0.25, -0.2) is 4.79 Å². The molecule has 1 unspecified atom stereocenters. The first-order valence-corrected chi connectivity index (χ1v) is 6.20. The van der Waals surface area contributed by atoms with E-state index in [0.717, 1.165) is 0 Å². The van der Waals surface area contributed by atoms with Gasteiger partial charge in [-0.1, -0.05) is 18.2 Å². The smallest absolute Gasteiger partial charge is 0.405 e. The Labute approximate surface area is 124 Å². The van der Waals surface area contributed by atoms with Crippen LogP contribution in [0.25, 0.3) is 11.5 Å². The van der Waals surface area contributed by atoms with Crippen LogP contribution in [0.2, 0.25) is 0 Å². The van der Waals surface area contributed by atoms with E-state index < -0.39 is 17.1 Å². The van der Waals surface area contributed by atoms with Gasteiger partial charge >= 0.3 is 6.09 Å². The highest BCUT2D eigenvalue weighted by molar-refractivity contribution is 5.66. The molecular formula is C13H12N4O5. The molecule has 9 heteroatoms. The normalized spacial score (nSPS) is 11.6. The van der Waals surface area contributed by atoms with Crippen molar-refractivity contribution in [3.05, 3.63) is 52.9 Å². The minimum Gasteiger partial charge on any atom is -0.465 e. The van der Waals surface area contributed by atoms with E-state index >= 15 is 0 Å². The van der Waals surface area contributed by atoms with E-state index in [1.165, 1.54) is 24.3 Å². The molecule has 0 spiro atoms. The third-order valence-corrected chi connectivity index (χ3v) is 2.77. The summed E-state index contributed by atoms with van der Waals surface area (Å²) >= 11 is 0. The molecule has 0 saturated carbocycles. The molecule has 1 aromatic heterocycles. The van der Waals surface area contributed by atoms with E-state index in [2.05, 4.69) is 22.1 Å². The number of nitro groups is 1. The zero-order valence-electron chi connectivity index (χ0n) is 11.3. The maximum Gasteiger partial charge on any atom is 0.405 e. The zero-order valence-corrected chi connectivity index (χ0v) is 11.3. The fraction of sp³-hybridized carbons (Fsp3) is 0.154. The summed E-state index contributed by atoms with van der Waals surface area (Å²) in [6.45, 7) is 3.52. The van der Waals surface area contributed by atoms with E-state index in [4.69, 9.17) is 9.52 Å². The molecule has 1 amide bonds. The molecule has 0 saturated heterocycles. The lowest BCUT2D eigenvalue weighted by molar-refractivity contribution is -0.384. The monoisotopic (exact) mass is 304 g/mol. The van der Waals surface area contributed by atoms with Crippen molar-refractivity contribution in [1.29, 1.82) is 0 Å². The second-order valence-electron chi connectivity index (χ2n) is 4.25. The van der Waals surface area contributed by atoms with Gasteiger partial charge in [-0.3, -0.25) is 10.1 Å². The van der Waals surface area contributed by atoms with Crippen LogP contribution in [-0.4, -0.2) is 26.3 Å². The molecule has 114 valence electrons. The number of nitrogens with one attached hydrogen (secondary N) is 1. The number of benzene rings is 1. The van der Waals surface area contributed by atoms with Crippen molar-refractivity contribution in [2.45, 2.75) is 12.5 Å². The average molecular weight is 304 g/mol. The molecule has 0 radical (unpaired) electrons. The third kappa shape index (κ3) is 3.26. The quantitative estimate of drug-likeness (QED) is 0.476. The Bertz CT molecular complexity index is 712. The first-order chi connectivity index (χ1) is 10.5. The number of amides is 1. The predicted molar refractivity (Wildman–Crippen MR) is 75.1 cm³/mol. The van der Waals surface area contributed by atoms with Crippen molar-refractivity contribution in [3.8, 4) is 11.5 Å². The van der Waals surface area contributed by atoms with Crippen LogP contribution in [-0.2, 0) is 0 Å². The SMILES string of the molecule is C=CCC(NC(=O)O)c1nnc(-c2ccccc2[N+](=O)[O-])o1. The van der Waals surface area contributed by atoms with E-state index in [1.807, 2.05) is 0 Å². The van der Waals surface area contributed by atoms with Crippen molar-refractivity contribution >= 4 is 11.8 Å². The molecule has 2 rings (SSSR count). The van der Waals surface area contributed by atoms with Gasteiger partial charge in [-0.2, -0.15) is 0 Å². The van der Waals surface area contributed by atoms with Gasteiger partial charge in [0.05, 0.1) is 4.92 Å². The third-order valence-electron chi connectivity index (χ3n) is 2.77. The lowest BCUT2D eigenvalue weighted by Crippen LogP contribution is -2.26. The van der Waals surface area contributed by atoms with Crippen LogP contribution in [0.15, 0.2) is 41.3 Å². The second-order valence-corrected chi connectivity index (χ2v) is 4.25. The molecule has 2 aromatic rings. The fourth-order valence-electron chi connectivity index (χ4n) is 1.84. The molecule has 22 heavy (non-hydrogen) atoms. The maximum absolute atomic E-state index is 11.0. The summed E-state index contributed by atoms with van der Waals surface area (Å²) < 4.78 is 5.38. The predicted octanol–water partition coefficient (Wildman–Crippen LogP) is 2.53. The van der Waals surface area contributed by atoms with Gasteiger partial charge < -0.3 is 14.8 Å². The second kappa shape index (κ2) is 6.48. The molecule has 0 aliphatic rings. The molecular weight excluding hydrogens is 292 g/mol. The number of nitrogens with zero attached hydrogens (tertiary/aromatic N) is 3. The molecule has 0 aliphatic carbocycles. The topological polar surface area (TPSA) is 131 Å². The van der Waals surface area contributed by atoms with Crippen LogP contribution < -0.4 is 5.32 Å². The van der Waals surface area contributed by atoms with E-state index in [9.17, 15) is 14.9 Å². The van der Waals surface area contributed by atoms with Gasteiger partial charge in [-0.05, 0) is 12.5 Å². The Morgan fingerprint density at radius 2 is 2.23 bits per heavy atom. The zero-order chi connectivity index (χ0) is 16.1. The molecule has 1 aromatic carbocycles. The van der Waals surface area contributed by atoms with Crippen molar-refractivity contribution < 1.29 is 19.2 Å². The van der Waals surface area contributed by atoms with Gasteiger partial charge in [-0.15, -0.1) is 16.8 Å². The molecule has 2 N–H and O–H groups in total. The first kappa shape index (κ1) is 15.2. The van der Waals surface area contributed by atoms with Gasteiger partial charge in [0.2, 0.25) is 5.89 Å². The van der Waals surface area contributed by atoms with E-state index in [-0.39, 0.29) is 29.5 Å². The van der Waals surface area contributed by atoms with Gasteiger partial charge in [0, 0.05) is 6.07 Å². The summed E-state index contributed by atoms with van der Waals surface area (Å²) in [7, 11) is 0. The molecule has 1 heterocycles. The van der Waals surface area contributed by atoms with Crippen LogP contribution in [0, 0.1) is 10.1 Å². The van der Waals surface area contributed by atoms with Gasteiger partial charge in [0.1, 0.15) is 11.6 Å². The number of carboxylic acid groups (broad SMARTS) is 1. The molecule has 0 fully saturated rings. The molecule has 9 nitrogen and oxygen atoms in total. The number of para-hydroxylation sites is 1. The highest BCUT2D eigenvalue weighted by Crippen LogP contribution is 2.29. The summed E-state index contributed by atoms with van der Waals surface area (Å²) in [6, 6.07) is 5.14. The average Bonchev–Trinajstić information content (AvgIpc) is 2.96. The lowest BCUT2D eigenvalue weighted by Gasteiger charge is -2.09. The Morgan fingerprint density at radius 3 is 2.86 bits per heavy atom. The Hall–Kier alpha value is -3.23. The van der Waals surface area contributed by atoms with Gasteiger partial charge in [0.15, 0.2) is 0 Å². The largest absolute Gasteiger partial charge is 0.465 e. The van der Waals surface area contributed by atoms with E-state index in [0.29, 0.717) is 0 Å². The van der Waals surface area contributed by atoms with Crippen LogP contribution in [0.1, 0.15) is 18.4 Å². The van der Waals surface area contributed by atoms with Crippen LogP contribution >= 0.6 is 0 Å². The summed E-state index contributed by atoms with van der Waals surface area (Å²) in [5.74, 6) is -0.0426. The number of nitro benzene ring substituents is 1. The minimum absolute atomic E-state index is 0.00968. The molecule has 0 bridgehead atoms. The number of aromatic nitrogens is 2. The lowest BCUT2D eigenvalue weighted by atomic mass is 10.2. The number of hydrogen-bond acceptors (Lipinski definition) is 6. The maximum atomic E-state index is 11.0. The Morgan fingerprint density at radius 1 is 1.50 bits per heavy atom. The summed E-state index contributed by atoms with van der Waals surface area (Å²) in [5.41, 5.74) is -0.0110. The summed E-state index contributed by atoms with van der Waals surface area (Å²) in [6.07, 6.45) is 0.484. The number of hydrogen-bond donors (Lipinski definition) is 2. The number of carbonyl (C=O) groups is 1. The standard InChI is InChI=1S/C13H12N4O5/c1-2-5-9(14-13(18)19)12-16-15-11(22-12)8-6-3-4-7-10(8)17(20)21/h2-4,6-7,9,14H,1,5H2,(H,18,19). The molecule has 0 aliphatic heterocycles. The van der Waals surface area contributed by atoms with Crippen LogP contribution in [0.5, 0.6) is 0 Å². The summed E-state index contributed by atoms with van der Waals surface area (Å²) in [4.78, 5) is 21.2. The highest BCUT2D eigenvalue weighted by Gasteiger charge is 2.23. The van der Waals surface area contributed by atoms with Crippen molar-refractivity contribution in [2.24, 2.45) is 0 Å². The highest BCUT2D eigenvalue weighted by atomic mass is 16.6. The minimum atomic E-state index is -1.25. The number of rotatable bonds is 6. The van der Waals surface area contributed by atoms with Crippen molar-refractivity contribution in [3.63, 3.8) is 0 Å². The van der Waals surface area contributed by atoms with Crippen molar-refractivity contribution in [1.82, 2.24) is 15.5 Å². The summed E-state index contributed by atoms with van der Waals surface area (Å²) in [5, 5.41) is 29.5. The fourth-order valence-corrected chi connectivity index (χ4v) is 1.84. The van der Waals surface area contributed by atoms with E-state index in [1.54, 1.807) is 6.07 Å². The van der Waals surface area contributed by atoms with Gasteiger partial charge in [0.25, 0.3) is 11.6 Å². The molecule has 1 atom stereocenters. The first-order valence-electron chi connectivity index (χ1n) is 6.20. The van der Waals surface area contributed by atoms with Crippen molar-refractivity contribution in [2.75, 3.05) is 0 Å². The Kier molecular flexibility index (Phi) is 4.47.